The Labute approximate surface area is 108 Å². The number of ether oxygens (including phenoxy) is 1. The average molecular weight is 270 g/mol. The van der Waals surface area contributed by atoms with Crippen LogP contribution in [0.5, 0.6) is 23.0 Å². The van der Waals surface area contributed by atoms with Crippen LogP contribution in [0.15, 0.2) is 0 Å². The van der Waals surface area contributed by atoms with Gasteiger partial charge in [0, 0.05) is 6.42 Å². The van der Waals surface area contributed by atoms with Gasteiger partial charge in [0.05, 0.1) is 5.56 Å². The first-order valence-corrected chi connectivity index (χ1v) is 5.79. The lowest BCUT2D eigenvalue weighted by atomic mass is 9.95. The molecule has 7 nitrogen and oxygen atoms in total. The normalized spacial score (nSPS) is 21.3. The number of carbonyl (C=O) groups excluding carboxylic acids is 1. The van der Waals surface area contributed by atoms with Crippen LogP contribution in [0, 0.1) is 0 Å². The van der Waals surface area contributed by atoms with Crippen molar-refractivity contribution in [3.8, 4) is 23.0 Å². The van der Waals surface area contributed by atoms with Crippen LogP contribution < -0.4 is 0 Å². The Hall–Kier alpha value is -2.15. The van der Waals surface area contributed by atoms with Crippen molar-refractivity contribution in [1.82, 2.24) is 0 Å². The Morgan fingerprint density at radius 1 is 1.05 bits per heavy atom. The minimum absolute atomic E-state index is 0.000540. The maximum Gasteiger partial charge on any atom is 0.345 e. The number of phenolic OH excluding ortho intramolecular Hbond substituents is 4. The molecule has 1 unspecified atom stereocenters. The van der Waals surface area contributed by atoms with E-state index in [1.54, 1.807) is 0 Å². The van der Waals surface area contributed by atoms with E-state index in [9.17, 15) is 30.3 Å². The van der Waals surface area contributed by atoms with Crippen LogP contribution in [0.1, 0.15) is 42.1 Å². The minimum atomic E-state index is -2.12. The first-order chi connectivity index (χ1) is 8.83. The number of carbonyl (C=O) groups is 1. The van der Waals surface area contributed by atoms with Crippen molar-refractivity contribution in [3.05, 3.63) is 11.1 Å². The average Bonchev–Trinajstić information content (AvgIpc) is 2.63. The maximum absolute atomic E-state index is 11.6. The third-order valence-corrected chi connectivity index (χ3v) is 3.12. The number of hydrogen-bond donors (Lipinski definition) is 5. The van der Waals surface area contributed by atoms with Gasteiger partial charge in [-0.15, -0.1) is 0 Å². The molecule has 1 aliphatic heterocycles. The molecule has 1 aromatic carbocycles. The molecule has 1 heterocycles. The molecule has 0 saturated heterocycles. The Morgan fingerprint density at radius 2 is 1.63 bits per heavy atom. The van der Waals surface area contributed by atoms with Crippen LogP contribution in [0.25, 0.3) is 0 Å². The van der Waals surface area contributed by atoms with Gasteiger partial charge in [0.25, 0.3) is 0 Å². The Kier molecular flexibility index (Phi) is 2.94. The molecule has 0 radical (unpaired) electrons. The van der Waals surface area contributed by atoms with E-state index in [0.29, 0.717) is 12.8 Å². The van der Waals surface area contributed by atoms with Crippen LogP contribution in [-0.4, -0.2) is 31.5 Å². The summed E-state index contributed by atoms with van der Waals surface area (Å²) in [6, 6.07) is 0. The molecule has 0 bridgehead atoms. The largest absolute Gasteiger partial charge is 0.504 e. The predicted molar refractivity (Wildman–Crippen MR) is 61.9 cm³/mol. The second-order valence-electron chi connectivity index (χ2n) is 4.42. The van der Waals surface area contributed by atoms with Gasteiger partial charge in [-0.2, -0.15) is 0 Å². The summed E-state index contributed by atoms with van der Waals surface area (Å²) in [5, 5.41) is 48.5. The molecule has 0 saturated carbocycles. The molecule has 0 aromatic heterocycles. The third kappa shape index (κ3) is 1.74. The van der Waals surface area contributed by atoms with Crippen molar-refractivity contribution in [2.75, 3.05) is 0 Å². The third-order valence-electron chi connectivity index (χ3n) is 3.12. The van der Waals surface area contributed by atoms with Crippen LogP contribution in [0.2, 0.25) is 0 Å². The first-order valence-electron chi connectivity index (χ1n) is 5.79. The van der Waals surface area contributed by atoms with E-state index in [0.717, 1.165) is 0 Å². The fraction of sp³-hybridized carbons (Fsp3) is 0.417. The van der Waals surface area contributed by atoms with Crippen LogP contribution >= 0.6 is 0 Å². The Morgan fingerprint density at radius 3 is 2.21 bits per heavy atom. The molecule has 0 aliphatic carbocycles. The van der Waals surface area contributed by atoms with E-state index in [4.69, 9.17) is 4.74 Å². The first kappa shape index (κ1) is 13.3. The molecule has 0 fully saturated rings. The van der Waals surface area contributed by atoms with Gasteiger partial charge >= 0.3 is 5.97 Å². The zero-order chi connectivity index (χ0) is 14.4. The molecule has 7 heteroatoms. The molecule has 0 spiro atoms. The number of hydrogen-bond acceptors (Lipinski definition) is 7. The molecule has 1 aromatic rings. The fourth-order valence-corrected chi connectivity index (χ4v) is 2.12. The molecule has 1 aliphatic rings. The van der Waals surface area contributed by atoms with E-state index < -0.39 is 45.9 Å². The van der Waals surface area contributed by atoms with E-state index in [1.165, 1.54) is 0 Å². The topological polar surface area (TPSA) is 127 Å². The zero-order valence-electron chi connectivity index (χ0n) is 10.2. The number of unbranched alkanes of at least 4 members (excludes halogenated alkanes) is 1. The summed E-state index contributed by atoms with van der Waals surface area (Å²) < 4.78 is 4.77. The van der Waals surface area contributed by atoms with Crippen LogP contribution in [-0.2, 0) is 10.5 Å². The second-order valence-corrected chi connectivity index (χ2v) is 4.42. The standard InChI is InChI=1S/C12H14O7/c1-2-3-4-12(18)6-5(11(17)19-12)7(13)9(15)10(16)8(6)14/h13-16,18H,2-4H2,1H3. The molecule has 19 heavy (non-hydrogen) atoms. The number of benzene rings is 1. The van der Waals surface area contributed by atoms with E-state index >= 15 is 0 Å². The summed E-state index contributed by atoms with van der Waals surface area (Å²) in [5.41, 5.74) is -0.954. The number of rotatable bonds is 3. The minimum Gasteiger partial charge on any atom is -0.504 e. The smallest absolute Gasteiger partial charge is 0.345 e. The molecule has 0 amide bonds. The van der Waals surface area contributed by atoms with E-state index in [2.05, 4.69) is 0 Å². The van der Waals surface area contributed by atoms with Gasteiger partial charge in [-0.05, 0) is 6.42 Å². The number of aromatic hydroxyl groups is 4. The number of phenols is 4. The summed E-state index contributed by atoms with van der Waals surface area (Å²) in [5.74, 6) is -7.04. The van der Waals surface area contributed by atoms with Gasteiger partial charge in [0.1, 0.15) is 5.56 Å². The molecular weight excluding hydrogens is 256 g/mol. The van der Waals surface area contributed by atoms with E-state index in [1.807, 2.05) is 6.92 Å². The summed E-state index contributed by atoms with van der Waals surface area (Å²) in [4.78, 5) is 11.6. The van der Waals surface area contributed by atoms with Crippen molar-refractivity contribution in [1.29, 1.82) is 0 Å². The Balaban J connectivity index is 2.67. The second kappa shape index (κ2) is 4.20. The summed E-state index contributed by atoms with van der Waals surface area (Å²) in [6.07, 6.45) is 1.19. The van der Waals surface area contributed by atoms with Gasteiger partial charge in [-0.1, -0.05) is 13.3 Å². The highest BCUT2D eigenvalue weighted by atomic mass is 16.7. The van der Waals surface area contributed by atoms with Gasteiger partial charge in [-0.3, -0.25) is 0 Å². The molecule has 104 valence electrons. The van der Waals surface area contributed by atoms with Crippen LogP contribution in [0.3, 0.4) is 0 Å². The van der Waals surface area contributed by atoms with Crippen molar-refractivity contribution >= 4 is 5.97 Å². The zero-order valence-corrected chi connectivity index (χ0v) is 10.2. The Bertz CT molecular complexity index is 552. The van der Waals surface area contributed by atoms with Crippen molar-refractivity contribution < 1.29 is 35.1 Å². The predicted octanol–water partition coefficient (Wildman–Crippen LogP) is 1.01. The number of cyclic esters (lactones) is 1. The lowest BCUT2D eigenvalue weighted by Gasteiger charge is -2.22. The van der Waals surface area contributed by atoms with Crippen molar-refractivity contribution in [3.63, 3.8) is 0 Å². The van der Waals surface area contributed by atoms with Crippen molar-refractivity contribution in [2.24, 2.45) is 0 Å². The summed E-state index contributed by atoms with van der Waals surface area (Å²) in [6.45, 7) is 1.85. The van der Waals surface area contributed by atoms with Gasteiger partial charge in [0.15, 0.2) is 11.5 Å². The SMILES string of the molecule is CCCCC1(O)OC(=O)c2c(O)c(O)c(O)c(O)c21. The highest BCUT2D eigenvalue weighted by Crippen LogP contribution is 2.54. The molecule has 5 N–H and O–H groups in total. The van der Waals surface area contributed by atoms with Crippen LogP contribution in [0.4, 0.5) is 0 Å². The number of aliphatic hydroxyl groups is 1. The van der Waals surface area contributed by atoms with Gasteiger partial charge < -0.3 is 30.3 Å². The lowest BCUT2D eigenvalue weighted by molar-refractivity contribution is -0.169. The quantitative estimate of drug-likeness (QED) is 0.315. The number of esters is 1. The fourth-order valence-electron chi connectivity index (χ4n) is 2.12. The number of fused-ring (bicyclic) bond motifs is 1. The van der Waals surface area contributed by atoms with Gasteiger partial charge in [0.2, 0.25) is 17.3 Å². The summed E-state index contributed by atoms with van der Waals surface area (Å²) >= 11 is 0. The maximum atomic E-state index is 11.6. The molecule has 2 rings (SSSR count). The monoisotopic (exact) mass is 270 g/mol. The highest BCUT2D eigenvalue weighted by molar-refractivity contribution is 6.00. The molecule has 1 atom stereocenters. The highest BCUT2D eigenvalue weighted by Gasteiger charge is 2.49. The lowest BCUT2D eigenvalue weighted by Crippen LogP contribution is -2.25. The summed E-state index contributed by atoms with van der Waals surface area (Å²) in [7, 11) is 0. The van der Waals surface area contributed by atoms with E-state index in [-0.39, 0.29) is 6.42 Å². The molecular formula is C12H14O7. The van der Waals surface area contributed by atoms with Gasteiger partial charge in [-0.25, -0.2) is 4.79 Å². The van der Waals surface area contributed by atoms with Crippen molar-refractivity contribution in [2.45, 2.75) is 32.0 Å².